The maximum Gasteiger partial charge on any atom is 0.274 e. The molecule has 0 aromatic heterocycles. The second-order valence-electron chi connectivity index (χ2n) is 4.46. The maximum absolute atomic E-state index is 11.7. The molecule has 0 bridgehead atoms. The van der Waals surface area contributed by atoms with Crippen molar-refractivity contribution in [3.63, 3.8) is 0 Å². The minimum Gasteiger partial charge on any atom is -0.352 e. The third kappa shape index (κ3) is 4.18. The molecule has 1 aromatic carbocycles. The first-order valence-corrected chi connectivity index (χ1v) is 5.87. The second kappa shape index (κ2) is 6.76. The maximum atomic E-state index is 11.7. The van der Waals surface area contributed by atoms with E-state index in [-0.39, 0.29) is 5.91 Å². The van der Waals surface area contributed by atoms with Crippen LogP contribution in [0.5, 0.6) is 0 Å². The highest BCUT2D eigenvalue weighted by molar-refractivity contribution is 5.97. The van der Waals surface area contributed by atoms with Gasteiger partial charge in [0.25, 0.3) is 11.8 Å². The summed E-state index contributed by atoms with van der Waals surface area (Å²) in [6, 6.07) is 6.08. The van der Waals surface area contributed by atoms with E-state index in [1.165, 1.54) is 17.6 Å². The molecular weight excluding hydrogens is 232 g/mol. The summed E-state index contributed by atoms with van der Waals surface area (Å²) < 4.78 is 0. The first-order chi connectivity index (χ1) is 8.54. The molecule has 0 heterocycles. The van der Waals surface area contributed by atoms with Gasteiger partial charge in [0.2, 0.25) is 0 Å². The highest BCUT2D eigenvalue weighted by Gasteiger charge is 2.07. The molecule has 0 aliphatic heterocycles. The van der Waals surface area contributed by atoms with Gasteiger partial charge >= 0.3 is 0 Å². The SMILES string of the molecule is CC(C)CCNC(=O)c1ccc(C(=O)NO)cc1. The Morgan fingerprint density at radius 1 is 1.11 bits per heavy atom. The second-order valence-corrected chi connectivity index (χ2v) is 4.46. The smallest absolute Gasteiger partial charge is 0.274 e. The molecule has 5 nitrogen and oxygen atoms in total. The van der Waals surface area contributed by atoms with Crippen LogP contribution in [0.4, 0.5) is 0 Å². The predicted molar refractivity (Wildman–Crippen MR) is 67.5 cm³/mol. The van der Waals surface area contributed by atoms with Crippen molar-refractivity contribution in [1.29, 1.82) is 0 Å². The number of hydroxylamine groups is 1. The van der Waals surface area contributed by atoms with E-state index in [0.717, 1.165) is 6.42 Å². The van der Waals surface area contributed by atoms with Gasteiger partial charge in [-0.05, 0) is 36.6 Å². The zero-order chi connectivity index (χ0) is 13.5. The van der Waals surface area contributed by atoms with E-state index >= 15 is 0 Å². The van der Waals surface area contributed by atoms with Gasteiger partial charge in [-0.1, -0.05) is 13.8 Å². The van der Waals surface area contributed by atoms with Crippen LogP contribution in [0.15, 0.2) is 24.3 Å². The van der Waals surface area contributed by atoms with Gasteiger partial charge < -0.3 is 5.32 Å². The van der Waals surface area contributed by atoms with Gasteiger partial charge in [-0.2, -0.15) is 0 Å². The van der Waals surface area contributed by atoms with Gasteiger partial charge in [0, 0.05) is 17.7 Å². The Morgan fingerprint density at radius 2 is 1.61 bits per heavy atom. The van der Waals surface area contributed by atoms with Crippen molar-refractivity contribution < 1.29 is 14.8 Å². The van der Waals surface area contributed by atoms with Gasteiger partial charge in [-0.25, -0.2) is 5.48 Å². The average Bonchev–Trinajstić information content (AvgIpc) is 2.37. The average molecular weight is 250 g/mol. The molecular formula is C13H18N2O3. The number of amides is 2. The molecule has 0 fully saturated rings. The lowest BCUT2D eigenvalue weighted by Gasteiger charge is -2.07. The van der Waals surface area contributed by atoms with Crippen LogP contribution >= 0.6 is 0 Å². The highest BCUT2D eigenvalue weighted by Crippen LogP contribution is 2.05. The summed E-state index contributed by atoms with van der Waals surface area (Å²) in [6.45, 7) is 4.82. The Hall–Kier alpha value is -1.88. The van der Waals surface area contributed by atoms with Crippen LogP contribution in [-0.4, -0.2) is 23.6 Å². The van der Waals surface area contributed by atoms with Crippen LogP contribution in [0.25, 0.3) is 0 Å². The Balaban J connectivity index is 2.56. The standard InChI is InChI=1S/C13H18N2O3/c1-9(2)7-8-14-12(16)10-3-5-11(6-4-10)13(17)15-18/h3-6,9,18H,7-8H2,1-2H3,(H,14,16)(H,15,17). The lowest BCUT2D eigenvalue weighted by molar-refractivity contribution is 0.0706. The first kappa shape index (κ1) is 14.2. The number of hydrogen-bond acceptors (Lipinski definition) is 3. The lowest BCUT2D eigenvalue weighted by atomic mass is 10.1. The minimum absolute atomic E-state index is 0.161. The Bertz CT molecular complexity index is 413. The van der Waals surface area contributed by atoms with Crippen molar-refractivity contribution in [3.8, 4) is 0 Å². The number of carbonyl (C=O) groups is 2. The van der Waals surface area contributed by atoms with Crippen LogP contribution in [0.3, 0.4) is 0 Å². The van der Waals surface area contributed by atoms with Crippen molar-refractivity contribution in [1.82, 2.24) is 10.8 Å². The van der Waals surface area contributed by atoms with Crippen molar-refractivity contribution in [2.24, 2.45) is 5.92 Å². The largest absolute Gasteiger partial charge is 0.352 e. The van der Waals surface area contributed by atoms with E-state index in [2.05, 4.69) is 19.2 Å². The number of benzene rings is 1. The normalized spacial score (nSPS) is 10.2. The van der Waals surface area contributed by atoms with E-state index in [4.69, 9.17) is 5.21 Å². The van der Waals surface area contributed by atoms with Crippen molar-refractivity contribution in [2.45, 2.75) is 20.3 Å². The molecule has 3 N–H and O–H groups in total. The van der Waals surface area contributed by atoms with Gasteiger partial charge in [0.05, 0.1) is 0 Å². The van der Waals surface area contributed by atoms with E-state index in [9.17, 15) is 9.59 Å². The Morgan fingerprint density at radius 3 is 2.06 bits per heavy atom. The molecule has 18 heavy (non-hydrogen) atoms. The molecule has 0 atom stereocenters. The summed E-state index contributed by atoms with van der Waals surface area (Å²) in [5.41, 5.74) is 2.33. The molecule has 0 spiro atoms. The molecule has 0 aliphatic rings. The summed E-state index contributed by atoms with van der Waals surface area (Å²) in [5.74, 6) is -0.214. The number of carbonyl (C=O) groups excluding carboxylic acids is 2. The monoisotopic (exact) mass is 250 g/mol. The molecule has 1 rings (SSSR count). The van der Waals surface area contributed by atoms with Gasteiger partial charge in [-0.3, -0.25) is 14.8 Å². The lowest BCUT2D eigenvalue weighted by Crippen LogP contribution is -2.25. The zero-order valence-corrected chi connectivity index (χ0v) is 10.6. The van der Waals surface area contributed by atoms with Crippen molar-refractivity contribution >= 4 is 11.8 Å². The molecule has 1 aromatic rings. The third-order valence-corrected chi connectivity index (χ3v) is 2.52. The zero-order valence-electron chi connectivity index (χ0n) is 10.6. The Labute approximate surface area is 106 Å². The van der Waals surface area contributed by atoms with Crippen LogP contribution in [0.2, 0.25) is 0 Å². The van der Waals surface area contributed by atoms with Crippen LogP contribution in [-0.2, 0) is 0 Å². The number of rotatable bonds is 5. The van der Waals surface area contributed by atoms with Gasteiger partial charge in [0.15, 0.2) is 0 Å². The Kier molecular flexibility index (Phi) is 5.32. The molecule has 0 unspecified atom stereocenters. The molecule has 0 saturated heterocycles. The molecule has 0 saturated carbocycles. The highest BCUT2D eigenvalue weighted by atomic mass is 16.5. The summed E-state index contributed by atoms with van der Waals surface area (Å²) in [5, 5.41) is 11.3. The van der Waals surface area contributed by atoms with Gasteiger partial charge in [-0.15, -0.1) is 0 Å². The topological polar surface area (TPSA) is 78.4 Å². The van der Waals surface area contributed by atoms with E-state index < -0.39 is 5.91 Å². The minimum atomic E-state index is -0.596. The molecule has 98 valence electrons. The quantitative estimate of drug-likeness (QED) is 0.548. The van der Waals surface area contributed by atoms with E-state index in [1.807, 2.05) is 0 Å². The van der Waals surface area contributed by atoms with Crippen molar-refractivity contribution in [2.75, 3.05) is 6.54 Å². The summed E-state index contributed by atoms with van der Waals surface area (Å²) in [6.07, 6.45) is 0.927. The molecule has 0 aliphatic carbocycles. The van der Waals surface area contributed by atoms with Crippen molar-refractivity contribution in [3.05, 3.63) is 35.4 Å². The summed E-state index contributed by atoms with van der Waals surface area (Å²) in [4.78, 5) is 22.8. The summed E-state index contributed by atoms with van der Waals surface area (Å²) >= 11 is 0. The first-order valence-electron chi connectivity index (χ1n) is 5.87. The fraction of sp³-hybridized carbons (Fsp3) is 0.385. The summed E-state index contributed by atoms with van der Waals surface area (Å²) in [7, 11) is 0. The number of hydrogen-bond donors (Lipinski definition) is 3. The van der Waals surface area contributed by atoms with E-state index in [1.54, 1.807) is 12.1 Å². The third-order valence-electron chi connectivity index (χ3n) is 2.52. The van der Waals surface area contributed by atoms with Gasteiger partial charge in [0.1, 0.15) is 0 Å². The molecule has 5 heteroatoms. The van der Waals surface area contributed by atoms with E-state index in [0.29, 0.717) is 23.6 Å². The van der Waals surface area contributed by atoms with Crippen LogP contribution in [0.1, 0.15) is 41.0 Å². The predicted octanol–water partition coefficient (Wildman–Crippen LogP) is 1.58. The van der Waals surface area contributed by atoms with Crippen LogP contribution in [0, 0.1) is 5.92 Å². The molecule has 0 radical (unpaired) electrons. The fourth-order valence-electron chi connectivity index (χ4n) is 1.41. The fourth-order valence-corrected chi connectivity index (χ4v) is 1.41. The van der Waals surface area contributed by atoms with Crippen LogP contribution < -0.4 is 10.8 Å². The molecule has 2 amide bonds. The number of nitrogens with one attached hydrogen (secondary N) is 2.